The van der Waals surface area contributed by atoms with Crippen molar-refractivity contribution in [2.75, 3.05) is 6.61 Å². The molecule has 0 unspecified atom stereocenters. The van der Waals surface area contributed by atoms with Crippen LogP contribution in [0.1, 0.15) is 35.3 Å². The Morgan fingerprint density at radius 3 is 2.62 bits per heavy atom. The van der Waals surface area contributed by atoms with Gasteiger partial charge in [-0.3, -0.25) is 19.8 Å². The van der Waals surface area contributed by atoms with Crippen LogP contribution < -0.4 is 0 Å². The maximum Gasteiger partial charge on any atom is 0.323 e. The predicted molar refractivity (Wildman–Crippen MR) is 129 cm³/mol. The van der Waals surface area contributed by atoms with Gasteiger partial charge in [-0.15, -0.1) is 0 Å². The number of nitrogens with one attached hydrogen (secondary N) is 1. The Morgan fingerprint density at radius 2 is 1.85 bits per heavy atom. The van der Waals surface area contributed by atoms with Gasteiger partial charge in [-0.05, 0) is 29.7 Å². The number of fused-ring (bicyclic) bond motifs is 3. The fourth-order valence-electron chi connectivity index (χ4n) is 4.95. The van der Waals surface area contributed by atoms with Gasteiger partial charge in [-0.1, -0.05) is 60.7 Å². The minimum absolute atomic E-state index is 0.0214. The molecule has 1 aliphatic rings. The van der Waals surface area contributed by atoms with Crippen molar-refractivity contribution in [1.82, 2.24) is 9.88 Å². The summed E-state index contributed by atoms with van der Waals surface area (Å²) in [7, 11) is 0. The number of benzene rings is 3. The first-order valence-electron chi connectivity index (χ1n) is 11.4. The standard InChI is InChI=1S/C27H25N3O4/c1-2-34-27(31)24-16-22-21-13-6-7-14-23(21)28-25(22)26(19-11-8-12-20(15-19)30(32)33)29(24)17-18-9-4-3-5-10-18/h3-15,24,26,28H,2,16-17H2,1H3/t24-,26+/m0/s1. The number of esters is 1. The van der Waals surface area contributed by atoms with E-state index in [9.17, 15) is 14.9 Å². The second-order valence-electron chi connectivity index (χ2n) is 8.45. The molecule has 7 nitrogen and oxygen atoms in total. The van der Waals surface area contributed by atoms with E-state index in [1.807, 2.05) is 60.7 Å². The van der Waals surface area contributed by atoms with Crippen LogP contribution in [0, 0.1) is 10.1 Å². The molecule has 0 fully saturated rings. The Hall–Kier alpha value is -3.97. The molecule has 0 saturated carbocycles. The third-order valence-electron chi connectivity index (χ3n) is 6.41. The van der Waals surface area contributed by atoms with E-state index in [1.54, 1.807) is 19.1 Å². The number of carbonyl (C=O) groups is 1. The van der Waals surface area contributed by atoms with Crippen molar-refractivity contribution in [2.24, 2.45) is 0 Å². The lowest BCUT2D eigenvalue weighted by Gasteiger charge is -2.41. The van der Waals surface area contributed by atoms with Crippen LogP contribution in [0.3, 0.4) is 0 Å². The summed E-state index contributed by atoms with van der Waals surface area (Å²) in [5.41, 5.74) is 4.81. The monoisotopic (exact) mass is 455 g/mol. The second kappa shape index (κ2) is 9.11. The number of aromatic nitrogens is 1. The van der Waals surface area contributed by atoms with Crippen LogP contribution in [-0.2, 0) is 22.5 Å². The summed E-state index contributed by atoms with van der Waals surface area (Å²) in [4.78, 5) is 30.1. The molecule has 172 valence electrons. The normalized spacial score (nSPS) is 17.9. The van der Waals surface area contributed by atoms with Gasteiger partial charge in [0.25, 0.3) is 5.69 Å². The third-order valence-corrected chi connectivity index (χ3v) is 6.41. The average Bonchev–Trinajstić information content (AvgIpc) is 3.22. The van der Waals surface area contributed by atoms with Crippen molar-refractivity contribution >= 4 is 22.6 Å². The van der Waals surface area contributed by atoms with E-state index in [1.165, 1.54) is 6.07 Å². The summed E-state index contributed by atoms with van der Waals surface area (Å²) >= 11 is 0. The van der Waals surface area contributed by atoms with Crippen molar-refractivity contribution in [1.29, 1.82) is 0 Å². The fraction of sp³-hybridized carbons (Fsp3) is 0.222. The molecular weight excluding hydrogens is 430 g/mol. The molecular formula is C27H25N3O4. The predicted octanol–water partition coefficient (Wildman–Crippen LogP) is 5.16. The van der Waals surface area contributed by atoms with E-state index in [2.05, 4.69) is 9.88 Å². The van der Waals surface area contributed by atoms with Gasteiger partial charge >= 0.3 is 5.97 Å². The minimum atomic E-state index is -0.531. The van der Waals surface area contributed by atoms with Crippen LogP contribution in [0.15, 0.2) is 78.9 Å². The third kappa shape index (κ3) is 3.95. The maximum atomic E-state index is 13.2. The molecule has 5 rings (SSSR count). The summed E-state index contributed by atoms with van der Waals surface area (Å²) < 4.78 is 5.50. The zero-order chi connectivity index (χ0) is 23.7. The fourth-order valence-corrected chi connectivity index (χ4v) is 4.95. The Kier molecular flexibility index (Phi) is 5.86. The van der Waals surface area contributed by atoms with E-state index in [-0.39, 0.29) is 29.2 Å². The van der Waals surface area contributed by atoms with Crippen molar-refractivity contribution in [2.45, 2.75) is 32.0 Å². The Bertz CT molecular complexity index is 1350. The summed E-state index contributed by atoms with van der Waals surface area (Å²) in [5.74, 6) is -0.287. The topological polar surface area (TPSA) is 88.5 Å². The van der Waals surface area contributed by atoms with Gasteiger partial charge in [0.05, 0.1) is 17.6 Å². The maximum absolute atomic E-state index is 13.2. The Labute approximate surface area is 197 Å². The highest BCUT2D eigenvalue weighted by atomic mass is 16.6. The van der Waals surface area contributed by atoms with Crippen molar-refractivity contribution in [3.8, 4) is 0 Å². The van der Waals surface area contributed by atoms with E-state index in [0.717, 1.165) is 33.3 Å². The second-order valence-corrected chi connectivity index (χ2v) is 8.45. The van der Waals surface area contributed by atoms with Gasteiger partial charge in [0.1, 0.15) is 6.04 Å². The number of H-pyrrole nitrogens is 1. The lowest BCUT2D eigenvalue weighted by atomic mass is 9.87. The number of para-hydroxylation sites is 1. The Morgan fingerprint density at radius 1 is 1.09 bits per heavy atom. The number of ether oxygens (including phenoxy) is 1. The van der Waals surface area contributed by atoms with Crippen LogP contribution in [-0.4, -0.2) is 33.4 Å². The molecule has 0 spiro atoms. The number of aromatic amines is 1. The molecule has 0 amide bonds. The highest BCUT2D eigenvalue weighted by Gasteiger charge is 2.42. The van der Waals surface area contributed by atoms with Crippen molar-refractivity contribution < 1.29 is 14.5 Å². The number of non-ortho nitro benzene ring substituents is 1. The molecule has 7 heteroatoms. The van der Waals surface area contributed by atoms with Gasteiger partial charge < -0.3 is 9.72 Å². The highest BCUT2D eigenvalue weighted by Crippen LogP contribution is 2.42. The highest BCUT2D eigenvalue weighted by molar-refractivity contribution is 5.87. The van der Waals surface area contributed by atoms with Gasteiger partial charge in [-0.25, -0.2) is 0 Å². The van der Waals surface area contributed by atoms with Gasteiger partial charge in [0.15, 0.2) is 0 Å². The number of hydrogen-bond donors (Lipinski definition) is 1. The molecule has 1 N–H and O–H groups in total. The number of nitro groups is 1. The van der Waals surface area contributed by atoms with Gasteiger partial charge in [0, 0.05) is 41.7 Å². The summed E-state index contributed by atoms with van der Waals surface area (Å²) in [6, 6.07) is 23.7. The molecule has 0 aliphatic carbocycles. The van der Waals surface area contributed by atoms with E-state index < -0.39 is 6.04 Å². The van der Waals surface area contributed by atoms with E-state index >= 15 is 0 Å². The average molecular weight is 456 g/mol. The summed E-state index contributed by atoms with van der Waals surface area (Å²) in [5, 5.41) is 12.6. The lowest BCUT2D eigenvalue weighted by Crippen LogP contribution is -2.48. The molecule has 0 saturated heterocycles. The smallest absolute Gasteiger partial charge is 0.323 e. The molecule has 3 aromatic carbocycles. The first-order chi connectivity index (χ1) is 16.6. The number of nitrogens with zero attached hydrogens (tertiary/aromatic N) is 2. The van der Waals surface area contributed by atoms with Crippen molar-refractivity contribution in [3.05, 3.63) is 111 Å². The number of nitro benzene ring substituents is 1. The number of rotatable bonds is 6. The molecule has 2 atom stereocenters. The first-order valence-corrected chi connectivity index (χ1v) is 11.4. The number of hydrogen-bond acceptors (Lipinski definition) is 5. The van der Waals surface area contributed by atoms with E-state index in [4.69, 9.17) is 4.74 Å². The minimum Gasteiger partial charge on any atom is -0.465 e. The quantitative estimate of drug-likeness (QED) is 0.247. The SMILES string of the molecule is CCOC(=O)[C@@H]1Cc2c([nH]c3ccccc23)[C@@H](c2cccc([N+](=O)[O-])c2)N1Cc1ccccc1. The molecule has 0 radical (unpaired) electrons. The Balaban J connectivity index is 1.72. The van der Waals surface area contributed by atoms with Crippen molar-refractivity contribution in [3.63, 3.8) is 0 Å². The molecule has 34 heavy (non-hydrogen) atoms. The van der Waals surface area contributed by atoms with Crippen LogP contribution in [0.25, 0.3) is 10.9 Å². The molecule has 0 bridgehead atoms. The largest absolute Gasteiger partial charge is 0.465 e. The van der Waals surface area contributed by atoms with Gasteiger partial charge in [-0.2, -0.15) is 0 Å². The zero-order valence-corrected chi connectivity index (χ0v) is 18.8. The zero-order valence-electron chi connectivity index (χ0n) is 18.8. The van der Waals surface area contributed by atoms with Crippen LogP contribution in [0.2, 0.25) is 0 Å². The summed E-state index contributed by atoms with van der Waals surface area (Å²) in [6.07, 6.45) is 0.496. The van der Waals surface area contributed by atoms with Gasteiger partial charge in [0.2, 0.25) is 0 Å². The molecule has 1 aliphatic heterocycles. The van der Waals surface area contributed by atoms with E-state index in [0.29, 0.717) is 13.0 Å². The molecule has 2 heterocycles. The molecule has 4 aromatic rings. The van der Waals surface area contributed by atoms with Crippen LogP contribution >= 0.6 is 0 Å². The number of carbonyl (C=O) groups excluding carboxylic acids is 1. The summed E-state index contributed by atoms with van der Waals surface area (Å²) in [6.45, 7) is 2.58. The lowest BCUT2D eigenvalue weighted by molar-refractivity contribution is -0.384. The van der Waals surface area contributed by atoms with Crippen LogP contribution in [0.5, 0.6) is 0 Å². The van der Waals surface area contributed by atoms with Crippen LogP contribution in [0.4, 0.5) is 5.69 Å². The first kappa shape index (κ1) is 21.9. The molecule has 1 aromatic heterocycles.